The van der Waals surface area contributed by atoms with E-state index in [4.69, 9.17) is 24.7 Å². The van der Waals surface area contributed by atoms with Crippen molar-refractivity contribution < 1.29 is 42.9 Å². The van der Waals surface area contributed by atoms with E-state index in [0.29, 0.717) is 18.4 Å². The number of hydrogen-bond donors (Lipinski definition) is 1. The van der Waals surface area contributed by atoms with Gasteiger partial charge in [-0.25, -0.2) is 4.79 Å². The minimum Gasteiger partial charge on any atom is -0.458 e. The highest BCUT2D eigenvalue weighted by Gasteiger charge is 2.23. The highest BCUT2D eigenvalue weighted by molar-refractivity contribution is 5.79. The summed E-state index contributed by atoms with van der Waals surface area (Å²) in [6.07, 6.45) is 1.44. The Kier molecular flexibility index (Phi) is 14.3. The van der Waals surface area contributed by atoms with Gasteiger partial charge in [-0.05, 0) is 50.8 Å². The summed E-state index contributed by atoms with van der Waals surface area (Å²) in [6, 6.07) is 3.66. The van der Waals surface area contributed by atoms with Crippen molar-refractivity contribution in [1.29, 1.82) is 0 Å². The second-order valence-electron chi connectivity index (χ2n) is 9.05. The number of ether oxygens (including phenoxy) is 5. The van der Waals surface area contributed by atoms with Crippen LogP contribution in [0.4, 0.5) is 4.79 Å². The molecule has 4 atom stereocenters. The van der Waals surface area contributed by atoms with E-state index in [1.54, 1.807) is 33.8 Å². The van der Waals surface area contributed by atoms with Crippen LogP contribution in [0.25, 0.3) is 0 Å². The first-order valence-electron chi connectivity index (χ1n) is 12.8. The summed E-state index contributed by atoms with van der Waals surface area (Å²) >= 11 is 0. The van der Waals surface area contributed by atoms with Crippen LogP contribution in [0.2, 0.25) is 0 Å². The molecule has 0 aromatic heterocycles. The number of carbonyl (C=O) groups excluding carboxylic acids is 4. The summed E-state index contributed by atoms with van der Waals surface area (Å²) in [4.78, 5) is 48.8. The molecule has 37 heavy (non-hydrogen) atoms. The van der Waals surface area contributed by atoms with Crippen LogP contribution in [0.5, 0.6) is 11.5 Å². The molecule has 1 aromatic rings. The van der Waals surface area contributed by atoms with Gasteiger partial charge in [0.25, 0.3) is 0 Å². The van der Waals surface area contributed by atoms with Crippen molar-refractivity contribution in [2.24, 2.45) is 17.6 Å². The molecule has 10 heteroatoms. The van der Waals surface area contributed by atoms with Crippen LogP contribution in [0.15, 0.2) is 18.2 Å². The average Bonchev–Trinajstić information content (AvgIpc) is 2.84. The van der Waals surface area contributed by atoms with Crippen molar-refractivity contribution in [2.45, 2.75) is 85.8 Å². The van der Waals surface area contributed by atoms with Crippen molar-refractivity contribution in [3.05, 3.63) is 23.8 Å². The summed E-state index contributed by atoms with van der Waals surface area (Å²) in [5, 5.41) is 0. The van der Waals surface area contributed by atoms with Gasteiger partial charge in [0.1, 0.15) is 18.8 Å². The molecule has 0 bridgehead atoms. The van der Waals surface area contributed by atoms with Crippen LogP contribution in [-0.4, -0.2) is 49.4 Å². The molecule has 0 saturated heterocycles. The van der Waals surface area contributed by atoms with Crippen molar-refractivity contribution in [3.63, 3.8) is 0 Å². The van der Waals surface area contributed by atoms with E-state index in [0.717, 1.165) is 12.8 Å². The molecule has 0 amide bonds. The summed E-state index contributed by atoms with van der Waals surface area (Å²) in [7, 11) is 0. The second-order valence-corrected chi connectivity index (χ2v) is 9.05. The Labute approximate surface area is 219 Å². The van der Waals surface area contributed by atoms with Crippen LogP contribution in [0.1, 0.15) is 72.8 Å². The van der Waals surface area contributed by atoms with Crippen LogP contribution >= 0.6 is 0 Å². The minimum absolute atomic E-state index is 0.0693. The largest absolute Gasteiger partial charge is 0.508 e. The molecule has 0 heterocycles. The molecular weight excluding hydrogens is 482 g/mol. The summed E-state index contributed by atoms with van der Waals surface area (Å²) in [5.41, 5.74) is 6.61. The van der Waals surface area contributed by atoms with Gasteiger partial charge < -0.3 is 29.4 Å². The molecule has 0 aliphatic carbocycles. The van der Waals surface area contributed by atoms with E-state index in [1.165, 1.54) is 12.1 Å². The molecule has 0 aliphatic heterocycles. The Morgan fingerprint density at radius 2 is 1.38 bits per heavy atom. The quantitative estimate of drug-likeness (QED) is 0.261. The van der Waals surface area contributed by atoms with Crippen LogP contribution in [0, 0.1) is 11.8 Å². The molecule has 0 spiro atoms. The zero-order valence-electron chi connectivity index (χ0n) is 22.7. The summed E-state index contributed by atoms with van der Waals surface area (Å²) in [6.45, 7) is 10.7. The summed E-state index contributed by atoms with van der Waals surface area (Å²) < 4.78 is 25.9. The first kappa shape index (κ1) is 31.9. The van der Waals surface area contributed by atoms with Crippen LogP contribution < -0.4 is 15.2 Å². The Hall–Kier alpha value is -3.14. The summed E-state index contributed by atoms with van der Waals surface area (Å²) in [5.74, 6) is -2.02. The van der Waals surface area contributed by atoms with E-state index in [1.807, 2.05) is 13.8 Å². The Bertz CT molecular complexity index is 902. The molecule has 2 unspecified atom stereocenters. The maximum atomic E-state index is 12.6. The van der Waals surface area contributed by atoms with Gasteiger partial charge in [0.15, 0.2) is 11.5 Å². The van der Waals surface area contributed by atoms with Gasteiger partial charge in [-0.1, -0.05) is 46.6 Å². The predicted molar refractivity (Wildman–Crippen MR) is 136 cm³/mol. The van der Waals surface area contributed by atoms with E-state index in [9.17, 15) is 19.2 Å². The minimum atomic E-state index is -1.04. The molecule has 0 saturated carbocycles. The van der Waals surface area contributed by atoms with E-state index in [-0.39, 0.29) is 43.0 Å². The maximum Gasteiger partial charge on any atom is 0.508 e. The van der Waals surface area contributed by atoms with Gasteiger partial charge in [0, 0.05) is 0 Å². The monoisotopic (exact) mass is 523 g/mol. The van der Waals surface area contributed by atoms with Gasteiger partial charge >= 0.3 is 24.1 Å². The molecule has 1 aromatic carbocycles. The number of nitrogens with two attached hydrogens (primary N) is 1. The number of hydrogen-bond acceptors (Lipinski definition) is 10. The average molecular weight is 524 g/mol. The third-order valence-corrected chi connectivity index (χ3v) is 5.45. The molecule has 10 nitrogen and oxygen atoms in total. The van der Waals surface area contributed by atoms with Crippen molar-refractivity contribution in [2.75, 3.05) is 13.2 Å². The van der Waals surface area contributed by atoms with E-state index < -0.39 is 36.2 Å². The second kappa shape index (κ2) is 16.6. The standard InChI is InChI=1S/C27H41NO9/c1-7-10-17(4)24(29)36-22-13-12-20(15-23(22)37-25(30)18(5)11-8-2)14-21(28)26(31)35-19(6)16-34-27(32)33-9-3/h12-13,15,17-19,21H,7-11,14,16,28H2,1-6H3/t17?,18?,19-,21-/m0/s1. The molecule has 1 rings (SSSR count). The lowest BCUT2D eigenvalue weighted by Crippen LogP contribution is -2.37. The molecule has 0 radical (unpaired) electrons. The van der Waals surface area contributed by atoms with Crippen molar-refractivity contribution >= 4 is 24.1 Å². The van der Waals surface area contributed by atoms with Crippen molar-refractivity contribution in [3.8, 4) is 11.5 Å². The Morgan fingerprint density at radius 3 is 1.92 bits per heavy atom. The fourth-order valence-electron chi connectivity index (χ4n) is 3.37. The molecule has 208 valence electrons. The number of rotatable bonds is 15. The topological polar surface area (TPSA) is 140 Å². The number of esters is 3. The van der Waals surface area contributed by atoms with Crippen LogP contribution in [0.3, 0.4) is 0 Å². The van der Waals surface area contributed by atoms with Crippen molar-refractivity contribution in [1.82, 2.24) is 0 Å². The molecule has 0 aliphatic rings. The van der Waals surface area contributed by atoms with Gasteiger partial charge in [-0.2, -0.15) is 0 Å². The van der Waals surface area contributed by atoms with E-state index in [2.05, 4.69) is 4.74 Å². The van der Waals surface area contributed by atoms with Gasteiger partial charge in [-0.15, -0.1) is 0 Å². The third-order valence-electron chi connectivity index (χ3n) is 5.45. The lowest BCUT2D eigenvalue weighted by atomic mass is 10.0. The number of benzene rings is 1. The Balaban J connectivity index is 2.95. The normalized spacial score (nSPS) is 14.0. The predicted octanol–water partition coefficient (Wildman–Crippen LogP) is 4.34. The smallest absolute Gasteiger partial charge is 0.458 e. The van der Waals surface area contributed by atoms with Gasteiger partial charge in [0.2, 0.25) is 0 Å². The lowest BCUT2D eigenvalue weighted by molar-refractivity contribution is -0.152. The van der Waals surface area contributed by atoms with Crippen LogP contribution in [-0.2, 0) is 35.0 Å². The first-order valence-corrected chi connectivity index (χ1v) is 12.8. The molecule has 2 N–H and O–H groups in total. The third kappa shape index (κ3) is 11.6. The highest BCUT2D eigenvalue weighted by atomic mass is 16.7. The zero-order valence-corrected chi connectivity index (χ0v) is 22.7. The number of carbonyl (C=O) groups is 4. The fourth-order valence-corrected chi connectivity index (χ4v) is 3.37. The lowest BCUT2D eigenvalue weighted by Gasteiger charge is -2.18. The van der Waals surface area contributed by atoms with Gasteiger partial charge in [-0.3, -0.25) is 14.4 Å². The SMILES string of the molecule is CCCC(C)C(=O)Oc1ccc(C[C@H](N)C(=O)O[C@@H](C)COC(=O)OCC)cc1OC(=O)C(C)CCC. The fraction of sp³-hybridized carbons (Fsp3) is 0.630. The Morgan fingerprint density at radius 1 is 0.811 bits per heavy atom. The molecule has 0 fully saturated rings. The van der Waals surface area contributed by atoms with E-state index >= 15 is 0 Å². The highest BCUT2D eigenvalue weighted by Crippen LogP contribution is 2.31. The molecular formula is C27H41NO9. The zero-order chi connectivity index (χ0) is 28.0. The first-order chi connectivity index (χ1) is 17.5. The maximum absolute atomic E-state index is 12.6. The van der Waals surface area contributed by atoms with Gasteiger partial charge in [0.05, 0.1) is 18.4 Å².